The molecule has 2 rings (SSSR count). The number of imidazole rings is 1. The van der Waals surface area contributed by atoms with E-state index >= 15 is 0 Å². The highest BCUT2D eigenvalue weighted by molar-refractivity contribution is 7.15. The molecule has 0 aromatic carbocycles. The Balaban J connectivity index is 2.43. The normalized spacial score (nSPS) is 14.0. The van der Waals surface area contributed by atoms with Crippen LogP contribution >= 0.6 is 11.3 Å². The molecular formula is C14H24N4S. The smallest absolute Gasteiger partial charge is 0.195 e. The van der Waals surface area contributed by atoms with E-state index in [9.17, 15) is 0 Å². The molecule has 0 radical (unpaired) electrons. The Hall–Kier alpha value is -1.07. The second-order valence-electron chi connectivity index (χ2n) is 6.13. The SMILES string of the molecule is CC(N(C)c1nc2sccn2c1CCN)C(C)(C)C. The molecule has 2 aromatic rings. The molecule has 2 aromatic heterocycles. The molecule has 0 spiro atoms. The average molecular weight is 280 g/mol. The summed E-state index contributed by atoms with van der Waals surface area (Å²) in [6.45, 7) is 9.67. The van der Waals surface area contributed by atoms with Gasteiger partial charge < -0.3 is 10.6 Å². The molecule has 5 heteroatoms. The fraction of sp³-hybridized carbons (Fsp3) is 0.643. The van der Waals surface area contributed by atoms with Crippen molar-refractivity contribution >= 4 is 22.1 Å². The average Bonchev–Trinajstić information content (AvgIpc) is 2.89. The van der Waals surface area contributed by atoms with Crippen LogP contribution in [0.1, 0.15) is 33.4 Å². The number of aromatic nitrogens is 2. The second-order valence-corrected chi connectivity index (χ2v) is 7.00. The molecule has 4 nitrogen and oxygen atoms in total. The number of rotatable bonds is 4. The number of thiazole rings is 1. The summed E-state index contributed by atoms with van der Waals surface area (Å²) in [6.07, 6.45) is 2.94. The maximum Gasteiger partial charge on any atom is 0.195 e. The summed E-state index contributed by atoms with van der Waals surface area (Å²) in [7, 11) is 2.13. The molecule has 0 aliphatic rings. The van der Waals surface area contributed by atoms with E-state index in [2.05, 4.69) is 55.6 Å². The minimum atomic E-state index is 0.214. The van der Waals surface area contributed by atoms with Gasteiger partial charge in [0, 0.05) is 31.1 Å². The molecule has 0 aliphatic heterocycles. The van der Waals surface area contributed by atoms with Gasteiger partial charge in [0.15, 0.2) is 10.8 Å². The van der Waals surface area contributed by atoms with Crippen molar-refractivity contribution in [3.8, 4) is 0 Å². The summed E-state index contributed by atoms with van der Waals surface area (Å²) >= 11 is 1.67. The number of anilines is 1. The van der Waals surface area contributed by atoms with Gasteiger partial charge >= 0.3 is 0 Å². The van der Waals surface area contributed by atoms with Crippen molar-refractivity contribution in [3.63, 3.8) is 0 Å². The van der Waals surface area contributed by atoms with Crippen molar-refractivity contribution in [3.05, 3.63) is 17.3 Å². The number of hydrogen-bond donors (Lipinski definition) is 1. The Kier molecular flexibility index (Phi) is 3.87. The summed E-state index contributed by atoms with van der Waals surface area (Å²) in [5, 5.41) is 2.07. The first-order chi connectivity index (χ1) is 8.86. The molecule has 19 heavy (non-hydrogen) atoms. The van der Waals surface area contributed by atoms with E-state index in [1.54, 1.807) is 11.3 Å². The molecule has 0 aliphatic carbocycles. The standard InChI is InChI=1S/C14H24N4S/c1-10(14(2,3)4)17(5)12-11(6-7-15)18-8-9-19-13(18)16-12/h8-10H,6-7,15H2,1-5H3. The highest BCUT2D eigenvalue weighted by Gasteiger charge is 2.27. The Morgan fingerprint density at radius 2 is 2.16 bits per heavy atom. The van der Waals surface area contributed by atoms with Gasteiger partial charge in [0.1, 0.15) is 0 Å². The van der Waals surface area contributed by atoms with E-state index < -0.39 is 0 Å². The van der Waals surface area contributed by atoms with E-state index in [-0.39, 0.29) is 5.41 Å². The maximum atomic E-state index is 5.75. The van der Waals surface area contributed by atoms with Gasteiger partial charge in [-0.05, 0) is 18.9 Å². The van der Waals surface area contributed by atoms with E-state index in [0.717, 1.165) is 17.2 Å². The lowest BCUT2D eigenvalue weighted by Gasteiger charge is -2.36. The summed E-state index contributed by atoms with van der Waals surface area (Å²) < 4.78 is 2.17. The van der Waals surface area contributed by atoms with E-state index in [4.69, 9.17) is 10.7 Å². The number of fused-ring (bicyclic) bond motifs is 1. The summed E-state index contributed by atoms with van der Waals surface area (Å²) in [5.41, 5.74) is 7.19. The van der Waals surface area contributed by atoms with E-state index in [0.29, 0.717) is 12.6 Å². The van der Waals surface area contributed by atoms with Crippen LogP contribution in [0.4, 0.5) is 5.82 Å². The molecule has 2 heterocycles. The van der Waals surface area contributed by atoms with Gasteiger partial charge in [-0.1, -0.05) is 20.8 Å². The molecule has 1 unspecified atom stereocenters. The highest BCUT2D eigenvalue weighted by Crippen LogP contribution is 2.30. The van der Waals surface area contributed by atoms with Crippen molar-refractivity contribution < 1.29 is 0 Å². The Bertz CT molecular complexity index is 549. The largest absolute Gasteiger partial charge is 0.355 e. The summed E-state index contributed by atoms with van der Waals surface area (Å²) in [5.74, 6) is 1.07. The van der Waals surface area contributed by atoms with Crippen LogP contribution in [-0.2, 0) is 6.42 Å². The lowest BCUT2D eigenvalue weighted by molar-refractivity contribution is 0.328. The van der Waals surface area contributed by atoms with Crippen LogP contribution < -0.4 is 10.6 Å². The third kappa shape index (κ3) is 2.62. The lowest BCUT2D eigenvalue weighted by atomic mass is 9.87. The fourth-order valence-electron chi connectivity index (χ4n) is 2.24. The quantitative estimate of drug-likeness (QED) is 0.936. The maximum absolute atomic E-state index is 5.75. The molecule has 0 saturated heterocycles. The topological polar surface area (TPSA) is 46.6 Å². The number of hydrogen-bond acceptors (Lipinski definition) is 4. The number of nitrogens with zero attached hydrogens (tertiary/aromatic N) is 3. The van der Waals surface area contributed by atoms with E-state index in [1.807, 2.05) is 0 Å². The van der Waals surface area contributed by atoms with Gasteiger partial charge in [-0.2, -0.15) is 0 Å². The van der Waals surface area contributed by atoms with Crippen molar-refractivity contribution in [1.29, 1.82) is 0 Å². The summed E-state index contributed by atoms with van der Waals surface area (Å²) in [4.78, 5) is 8.11. The predicted molar refractivity (Wildman–Crippen MR) is 83.1 cm³/mol. The predicted octanol–water partition coefficient (Wildman–Crippen LogP) is 2.77. The van der Waals surface area contributed by atoms with Crippen LogP contribution in [0.3, 0.4) is 0 Å². The van der Waals surface area contributed by atoms with Crippen molar-refractivity contribution in [2.75, 3.05) is 18.5 Å². The monoisotopic (exact) mass is 280 g/mol. The lowest BCUT2D eigenvalue weighted by Crippen LogP contribution is -2.40. The Morgan fingerprint density at radius 1 is 1.47 bits per heavy atom. The first-order valence-electron chi connectivity index (χ1n) is 6.73. The zero-order valence-corrected chi connectivity index (χ0v) is 13.3. The molecule has 0 amide bonds. The van der Waals surface area contributed by atoms with Crippen LogP contribution in [0.25, 0.3) is 4.96 Å². The fourth-order valence-corrected chi connectivity index (χ4v) is 2.97. The molecule has 106 valence electrons. The minimum Gasteiger partial charge on any atom is -0.355 e. The van der Waals surface area contributed by atoms with Crippen LogP contribution in [0.5, 0.6) is 0 Å². The van der Waals surface area contributed by atoms with Crippen molar-refractivity contribution in [1.82, 2.24) is 9.38 Å². The van der Waals surface area contributed by atoms with Gasteiger partial charge in [0.05, 0.1) is 5.69 Å². The van der Waals surface area contributed by atoms with Crippen LogP contribution in [-0.4, -0.2) is 29.0 Å². The van der Waals surface area contributed by atoms with Crippen LogP contribution in [0.15, 0.2) is 11.6 Å². The van der Waals surface area contributed by atoms with Crippen molar-refractivity contribution in [2.24, 2.45) is 11.1 Å². The molecule has 0 saturated carbocycles. The summed E-state index contributed by atoms with van der Waals surface area (Å²) in [6, 6.07) is 0.411. The van der Waals surface area contributed by atoms with Gasteiger partial charge in [-0.25, -0.2) is 4.98 Å². The Labute approximate surface area is 119 Å². The third-order valence-corrected chi connectivity index (χ3v) is 4.65. The third-order valence-electron chi connectivity index (χ3n) is 3.89. The van der Waals surface area contributed by atoms with E-state index in [1.165, 1.54) is 5.69 Å². The zero-order chi connectivity index (χ0) is 14.2. The van der Waals surface area contributed by atoms with Gasteiger partial charge in [-0.3, -0.25) is 4.40 Å². The second kappa shape index (κ2) is 5.13. The molecule has 1 atom stereocenters. The van der Waals surface area contributed by atoms with Gasteiger partial charge in [0.2, 0.25) is 0 Å². The highest BCUT2D eigenvalue weighted by atomic mass is 32.1. The molecular weight excluding hydrogens is 256 g/mol. The first-order valence-corrected chi connectivity index (χ1v) is 7.61. The molecule has 0 fully saturated rings. The zero-order valence-electron chi connectivity index (χ0n) is 12.5. The molecule has 0 bridgehead atoms. The van der Waals surface area contributed by atoms with Crippen LogP contribution in [0.2, 0.25) is 0 Å². The van der Waals surface area contributed by atoms with Crippen LogP contribution in [0, 0.1) is 5.41 Å². The first kappa shape index (κ1) is 14.3. The van der Waals surface area contributed by atoms with Crippen molar-refractivity contribution in [2.45, 2.75) is 40.2 Å². The molecule has 2 N–H and O–H groups in total. The number of nitrogens with two attached hydrogens (primary N) is 1. The van der Waals surface area contributed by atoms with Gasteiger partial charge in [0.25, 0.3) is 0 Å². The Morgan fingerprint density at radius 3 is 2.74 bits per heavy atom. The van der Waals surface area contributed by atoms with Gasteiger partial charge in [-0.15, -0.1) is 11.3 Å². The minimum absolute atomic E-state index is 0.214.